The van der Waals surface area contributed by atoms with Crippen molar-refractivity contribution in [2.45, 2.75) is 52.2 Å². The fourth-order valence-electron chi connectivity index (χ4n) is 2.19. The van der Waals surface area contributed by atoms with Gasteiger partial charge in [-0.25, -0.2) is 13.6 Å². The van der Waals surface area contributed by atoms with E-state index >= 15 is 0 Å². The Morgan fingerprint density at radius 3 is 2.24 bits per heavy atom. The Morgan fingerprint density at radius 2 is 1.76 bits per heavy atom. The maximum Gasteiger partial charge on any atom is 0.410 e. The van der Waals surface area contributed by atoms with E-state index in [4.69, 9.17) is 9.84 Å². The molecule has 25 heavy (non-hydrogen) atoms. The summed E-state index contributed by atoms with van der Waals surface area (Å²) >= 11 is 0. The van der Waals surface area contributed by atoms with Crippen LogP contribution < -0.4 is 0 Å². The van der Waals surface area contributed by atoms with Crippen LogP contribution in [-0.4, -0.2) is 40.1 Å². The third kappa shape index (κ3) is 7.96. The first-order chi connectivity index (χ1) is 11.4. The van der Waals surface area contributed by atoms with Gasteiger partial charge >= 0.3 is 12.1 Å². The lowest BCUT2D eigenvalue weighted by Gasteiger charge is -2.30. The minimum Gasteiger partial charge on any atom is -0.481 e. The maximum atomic E-state index is 14.3. The van der Waals surface area contributed by atoms with Crippen LogP contribution in [0.25, 0.3) is 0 Å². The van der Waals surface area contributed by atoms with Crippen molar-refractivity contribution in [1.29, 1.82) is 0 Å². The summed E-state index contributed by atoms with van der Waals surface area (Å²) in [6.07, 6.45) is -1.71. The first-order valence-corrected chi connectivity index (χ1v) is 8.02. The lowest BCUT2D eigenvalue weighted by Crippen LogP contribution is -2.44. The van der Waals surface area contributed by atoms with Crippen LogP contribution in [0.3, 0.4) is 0 Å². The zero-order valence-electron chi connectivity index (χ0n) is 15.0. The number of ether oxygens (including phenoxy) is 1. The van der Waals surface area contributed by atoms with Crippen molar-refractivity contribution >= 4 is 12.1 Å². The second kappa shape index (κ2) is 8.27. The van der Waals surface area contributed by atoms with Crippen LogP contribution in [0.2, 0.25) is 0 Å². The molecule has 1 aromatic carbocycles. The highest BCUT2D eigenvalue weighted by Gasteiger charge is 2.38. The number of aliphatic carboxylic acids is 1. The maximum absolute atomic E-state index is 14.3. The summed E-state index contributed by atoms with van der Waals surface area (Å²) in [6.45, 7) is 5.20. The molecule has 0 radical (unpaired) electrons. The molecule has 1 amide bonds. The lowest BCUT2D eigenvalue weighted by molar-refractivity contribution is -0.145. The zero-order chi connectivity index (χ0) is 19.3. The number of carboxylic acid groups (broad SMARTS) is 1. The van der Waals surface area contributed by atoms with Crippen LogP contribution in [0.4, 0.5) is 13.6 Å². The third-order valence-corrected chi connectivity index (χ3v) is 3.32. The summed E-state index contributed by atoms with van der Waals surface area (Å²) in [4.78, 5) is 24.1. The highest BCUT2D eigenvalue weighted by Crippen LogP contribution is 2.26. The predicted octanol–water partition coefficient (Wildman–Crippen LogP) is 4.17. The monoisotopic (exact) mass is 357 g/mol. The molecule has 0 saturated heterocycles. The molecule has 0 saturated carbocycles. The number of rotatable bonds is 7. The first kappa shape index (κ1) is 20.9. The molecule has 140 valence electrons. The van der Waals surface area contributed by atoms with Gasteiger partial charge in [-0.1, -0.05) is 37.3 Å². The number of amides is 1. The summed E-state index contributed by atoms with van der Waals surface area (Å²) < 4.78 is 33.7. The molecule has 5 nitrogen and oxygen atoms in total. The largest absolute Gasteiger partial charge is 0.481 e. The average Bonchev–Trinajstić information content (AvgIpc) is 2.45. The van der Waals surface area contributed by atoms with E-state index in [1.807, 2.05) is 0 Å². The standard InChI is InChI=1S/C18H25F2NO4/c1-13(15(22)23)10-18(19,20)12-21(16(24)25-17(2,3)4)11-14-8-6-5-7-9-14/h5-9,13H,10-12H2,1-4H3,(H,22,23). The van der Waals surface area contributed by atoms with Crippen LogP contribution in [0.15, 0.2) is 30.3 Å². The predicted molar refractivity (Wildman–Crippen MR) is 89.4 cm³/mol. The van der Waals surface area contributed by atoms with Gasteiger partial charge in [-0.05, 0) is 26.3 Å². The van der Waals surface area contributed by atoms with Crippen molar-refractivity contribution in [2.24, 2.45) is 5.92 Å². The average molecular weight is 357 g/mol. The van der Waals surface area contributed by atoms with Crippen molar-refractivity contribution in [2.75, 3.05) is 6.54 Å². The molecule has 0 fully saturated rings. The molecular formula is C18H25F2NO4. The fraction of sp³-hybridized carbons (Fsp3) is 0.556. The van der Waals surface area contributed by atoms with E-state index in [0.29, 0.717) is 5.56 Å². The van der Waals surface area contributed by atoms with Crippen molar-refractivity contribution in [1.82, 2.24) is 4.90 Å². The van der Waals surface area contributed by atoms with E-state index < -0.39 is 42.5 Å². The van der Waals surface area contributed by atoms with Gasteiger partial charge in [-0.3, -0.25) is 9.69 Å². The molecule has 0 heterocycles. The molecule has 1 rings (SSSR count). The smallest absolute Gasteiger partial charge is 0.410 e. The second-order valence-corrected chi connectivity index (χ2v) is 7.12. The molecule has 0 spiro atoms. The number of hydrogen-bond donors (Lipinski definition) is 1. The van der Waals surface area contributed by atoms with Crippen molar-refractivity contribution in [3.8, 4) is 0 Å². The van der Waals surface area contributed by atoms with Crippen molar-refractivity contribution < 1.29 is 28.2 Å². The van der Waals surface area contributed by atoms with E-state index in [1.54, 1.807) is 51.1 Å². The van der Waals surface area contributed by atoms with E-state index in [-0.39, 0.29) is 6.54 Å². The first-order valence-electron chi connectivity index (χ1n) is 8.02. The molecular weight excluding hydrogens is 332 g/mol. The summed E-state index contributed by atoms with van der Waals surface area (Å²) in [7, 11) is 0. The molecule has 1 aromatic rings. The van der Waals surface area contributed by atoms with Crippen molar-refractivity contribution in [3.05, 3.63) is 35.9 Å². The normalized spacial score (nSPS) is 13.2. The van der Waals surface area contributed by atoms with Gasteiger partial charge < -0.3 is 9.84 Å². The molecule has 0 aliphatic heterocycles. The number of nitrogens with zero attached hydrogens (tertiary/aromatic N) is 1. The fourth-order valence-corrected chi connectivity index (χ4v) is 2.19. The number of hydrogen-bond acceptors (Lipinski definition) is 3. The second-order valence-electron chi connectivity index (χ2n) is 7.12. The van der Waals surface area contributed by atoms with Gasteiger partial charge in [0.2, 0.25) is 0 Å². The Bertz CT molecular complexity index is 584. The number of benzene rings is 1. The Balaban J connectivity index is 2.93. The SMILES string of the molecule is CC(CC(F)(F)CN(Cc1ccccc1)C(=O)OC(C)(C)C)C(=O)O. The van der Waals surface area contributed by atoms with Crippen LogP contribution in [0.1, 0.15) is 39.7 Å². The van der Waals surface area contributed by atoms with Gasteiger partial charge in [0, 0.05) is 13.0 Å². The van der Waals surface area contributed by atoms with E-state index in [0.717, 1.165) is 4.90 Å². The molecule has 0 aliphatic rings. The highest BCUT2D eigenvalue weighted by molar-refractivity contribution is 5.70. The molecule has 0 aromatic heterocycles. The number of halogens is 2. The molecule has 7 heteroatoms. The topological polar surface area (TPSA) is 66.8 Å². The highest BCUT2D eigenvalue weighted by atomic mass is 19.3. The number of alkyl halides is 2. The Kier molecular flexibility index (Phi) is 6.90. The summed E-state index contributed by atoms with van der Waals surface area (Å²) in [6, 6.07) is 8.70. The van der Waals surface area contributed by atoms with Crippen LogP contribution in [-0.2, 0) is 16.1 Å². The molecule has 1 atom stereocenters. The van der Waals surface area contributed by atoms with Gasteiger partial charge in [0.25, 0.3) is 5.92 Å². The van der Waals surface area contributed by atoms with E-state index in [9.17, 15) is 18.4 Å². The number of carbonyl (C=O) groups is 2. The Morgan fingerprint density at radius 1 is 1.20 bits per heavy atom. The van der Waals surface area contributed by atoms with Crippen molar-refractivity contribution in [3.63, 3.8) is 0 Å². The van der Waals surface area contributed by atoms with Crippen LogP contribution in [0.5, 0.6) is 0 Å². The molecule has 0 aliphatic carbocycles. The van der Waals surface area contributed by atoms with Gasteiger partial charge in [-0.15, -0.1) is 0 Å². The minimum absolute atomic E-state index is 0.0488. The third-order valence-electron chi connectivity index (χ3n) is 3.32. The number of carbonyl (C=O) groups excluding carboxylic acids is 1. The molecule has 1 unspecified atom stereocenters. The molecule has 1 N–H and O–H groups in total. The van der Waals surface area contributed by atoms with E-state index in [2.05, 4.69) is 0 Å². The lowest BCUT2D eigenvalue weighted by atomic mass is 10.0. The zero-order valence-corrected chi connectivity index (χ0v) is 15.0. The minimum atomic E-state index is -3.34. The number of carboxylic acids is 1. The Hall–Kier alpha value is -2.18. The van der Waals surface area contributed by atoms with Gasteiger partial charge in [-0.2, -0.15) is 0 Å². The summed E-state index contributed by atoms with van der Waals surface area (Å²) in [5.41, 5.74) is -0.147. The Labute approximate surface area is 146 Å². The summed E-state index contributed by atoms with van der Waals surface area (Å²) in [5.74, 6) is -5.86. The van der Waals surface area contributed by atoms with Crippen LogP contribution in [0, 0.1) is 5.92 Å². The molecule has 0 bridgehead atoms. The van der Waals surface area contributed by atoms with Gasteiger partial charge in [0.1, 0.15) is 5.60 Å². The van der Waals surface area contributed by atoms with E-state index in [1.165, 1.54) is 6.92 Å². The summed E-state index contributed by atoms with van der Waals surface area (Å²) in [5, 5.41) is 8.84. The quantitative estimate of drug-likeness (QED) is 0.795. The van der Waals surface area contributed by atoms with Gasteiger partial charge in [0.15, 0.2) is 0 Å². The van der Waals surface area contributed by atoms with Crippen LogP contribution >= 0.6 is 0 Å². The van der Waals surface area contributed by atoms with Gasteiger partial charge in [0.05, 0.1) is 12.5 Å².